The summed E-state index contributed by atoms with van der Waals surface area (Å²) in [7, 11) is 0. The van der Waals surface area contributed by atoms with Gasteiger partial charge in [0.25, 0.3) is 0 Å². The summed E-state index contributed by atoms with van der Waals surface area (Å²) in [6.45, 7) is 4.84. The smallest absolute Gasteiger partial charge is 0.407 e. The molecule has 1 rings (SSSR count). The molecule has 0 spiro atoms. The van der Waals surface area contributed by atoms with Crippen molar-refractivity contribution in [1.29, 1.82) is 0 Å². The zero-order valence-corrected chi connectivity index (χ0v) is 8.56. The molecule has 5 nitrogen and oxygen atoms in total. The van der Waals surface area contributed by atoms with Gasteiger partial charge in [-0.25, -0.2) is 4.79 Å². The molecule has 0 atom stereocenters. The maximum absolute atomic E-state index is 10.9. The highest BCUT2D eigenvalue weighted by atomic mass is 16.5. The van der Waals surface area contributed by atoms with E-state index in [2.05, 4.69) is 0 Å². The summed E-state index contributed by atoms with van der Waals surface area (Å²) in [4.78, 5) is 12.2. The number of rotatable bonds is 4. The maximum Gasteiger partial charge on any atom is 0.407 e. The minimum Gasteiger partial charge on any atom is -0.465 e. The fourth-order valence-corrected chi connectivity index (χ4v) is 1.46. The maximum atomic E-state index is 10.9. The fraction of sp³-hybridized carbons (Fsp3) is 0.889. The van der Waals surface area contributed by atoms with Gasteiger partial charge in [-0.15, -0.1) is 0 Å². The van der Waals surface area contributed by atoms with Crippen LogP contribution in [-0.4, -0.2) is 53.6 Å². The zero-order valence-electron chi connectivity index (χ0n) is 8.56. The van der Waals surface area contributed by atoms with Gasteiger partial charge in [0.15, 0.2) is 0 Å². The molecule has 0 aliphatic carbocycles. The normalized spacial score (nSPS) is 19.1. The van der Waals surface area contributed by atoms with E-state index in [1.807, 2.05) is 13.8 Å². The van der Waals surface area contributed by atoms with Crippen LogP contribution in [0.5, 0.6) is 0 Å². The van der Waals surface area contributed by atoms with E-state index in [4.69, 9.17) is 14.9 Å². The summed E-state index contributed by atoms with van der Waals surface area (Å²) >= 11 is 0. The molecule has 82 valence electrons. The largest absolute Gasteiger partial charge is 0.465 e. The summed E-state index contributed by atoms with van der Waals surface area (Å²) in [6.07, 6.45) is -0.945. The van der Waals surface area contributed by atoms with Gasteiger partial charge in [-0.2, -0.15) is 0 Å². The lowest BCUT2D eigenvalue weighted by atomic mass is 9.86. The molecular weight excluding hydrogens is 186 g/mol. The first-order chi connectivity index (χ1) is 6.51. The summed E-state index contributed by atoms with van der Waals surface area (Å²) in [5.41, 5.74) is -0.372. The second-order valence-electron chi connectivity index (χ2n) is 4.16. The SMILES string of the molecule is CC(C)N(CC1(CO)COC1)C(=O)O. The standard InChI is InChI=1S/C9H17NO4/c1-7(2)10(8(12)13)3-9(4-11)5-14-6-9/h7,11H,3-6H2,1-2H3,(H,12,13). The molecule has 0 radical (unpaired) electrons. The van der Waals surface area contributed by atoms with Crippen LogP contribution in [0.15, 0.2) is 0 Å². The Balaban J connectivity index is 2.58. The van der Waals surface area contributed by atoms with Crippen molar-refractivity contribution in [2.45, 2.75) is 19.9 Å². The van der Waals surface area contributed by atoms with Crippen LogP contribution in [0.2, 0.25) is 0 Å². The lowest BCUT2D eigenvalue weighted by molar-refractivity contribution is -0.147. The Morgan fingerprint density at radius 3 is 2.36 bits per heavy atom. The Kier molecular flexibility index (Phi) is 3.34. The Morgan fingerprint density at radius 2 is 2.14 bits per heavy atom. The molecule has 0 aromatic rings. The Bertz CT molecular complexity index is 207. The number of hydrogen-bond donors (Lipinski definition) is 2. The third-order valence-corrected chi connectivity index (χ3v) is 2.53. The molecule has 0 saturated carbocycles. The fourth-order valence-electron chi connectivity index (χ4n) is 1.46. The van der Waals surface area contributed by atoms with Gasteiger partial charge in [0, 0.05) is 12.6 Å². The summed E-state index contributed by atoms with van der Waals surface area (Å²) in [5.74, 6) is 0. The molecule has 0 bridgehead atoms. The first kappa shape index (κ1) is 11.3. The quantitative estimate of drug-likeness (QED) is 0.693. The van der Waals surface area contributed by atoms with Crippen LogP contribution in [0.4, 0.5) is 4.79 Å². The van der Waals surface area contributed by atoms with Gasteiger partial charge in [0.1, 0.15) is 0 Å². The van der Waals surface area contributed by atoms with Crippen molar-refractivity contribution in [1.82, 2.24) is 4.90 Å². The molecule has 1 aliphatic rings. The molecule has 1 aliphatic heterocycles. The summed E-state index contributed by atoms with van der Waals surface area (Å²) in [6, 6.07) is -0.0727. The lowest BCUT2D eigenvalue weighted by Gasteiger charge is -2.43. The highest BCUT2D eigenvalue weighted by molar-refractivity contribution is 5.65. The molecule has 1 heterocycles. The van der Waals surface area contributed by atoms with E-state index in [0.29, 0.717) is 19.8 Å². The number of nitrogens with zero attached hydrogens (tertiary/aromatic N) is 1. The molecule has 0 aromatic heterocycles. The summed E-state index contributed by atoms with van der Waals surface area (Å²) < 4.78 is 5.01. The number of hydrogen-bond acceptors (Lipinski definition) is 3. The van der Waals surface area contributed by atoms with Gasteiger partial charge in [0.05, 0.1) is 25.2 Å². The topological polar surface area (TPSA) is 70.0 Å². The molecule has 1 saturated heterocycles. The van der Waals surface area contributed by atoms with Crippen LogP contribution in [-0.2, 0) is 4.74 Å². The Morgan fingerprint density at radius 1 is 1.57 bits per heavy atom. The third-order valence-electron chi connectivity index (χ3n) is 2.53. The lowest BCUT2D eigenvalue weighted by Crippen LogP contribution is -2.55. The van der Waals surface area contributed by atoms with E-state index in [9.17, 15) is 4.79 Å². The molecule has 2 N–H and O–H groups in total. The van der Waals surface area contributed by atoms with E-state index < -0.39 is 6.09 Å². The minimum atomic E-state index is -0.945. The van der Waals surface area contributed by atoms with Crippen molar-refractivity contribution in [3.05, 3.63) is 0 Å². The third kappa shape index (κ3) is 2.16. The van der Waals surface area contributed by atoms with Crippen molar-refractivity contribution in [2.75, 3.05) is 26.4 Å². The number of aliphatic hydroxyl groups excluding tert-OH is 1. The average Bonchev–Trinajstić information content (AvgIpc) is 2.02. The number of carbonyl (C=O) groups is 1. The zero-order chi connectivity index (χ0) is 10.8. The van der Waals surface area contributed by atoms with E-state index in [0.717, 1.165) is 0 Å². The van der Waals surface area contributed by atoms with Gasteiger partial charge >= 0.3 is 6.09 Å². The summed E-state index contributed by atoms with van der Waals surface area (Å²) in [5, 5.41) is 18.1. The van der Waals surface area contributed by atoms with Crippen molar-refractivity contribution < 1.29 is 19.7 Å². The van der Waals surface area contributed by atoms with E-state index in [-0.39, 0.29) is 18.1 Å². The minimum absolute atomic E-state index is 0.0243. The predicted molar refractivity (Wildman–Crippen MR) is 50.2 cm³/mol. The average molecular weight is 203 g/mol. The number of carboxylic acid groups (broad SMARTS) is 1. The second kappa shape index (κ2) is 4.14. The molecule has 14 heavy (non-hydrogen) atoms. The van der Waals surface area contributed by atoms with Crippen LogP contribution in [0, 0.1) is 5.41 Å². The molecule has 0 unspecified atom stereocenters. The molecule has 0 aromatic carbocycles. The molecule has 1 fully saturated rings. The van der Waals surface area contributed by atoms with Crippen LogP contribution >= 0.6 is 0 Å². The van der Waals surface area contributed by atoms with Gasteiger partial charge in [-0.05, 0) is 13.8 Å². The van der Waals surface area contributed by atoms with Crippen molar-refractivity contribution in [3.63, 3.8) is 0 Å². The first-order valence-electron chi connectivity index (χ1n) is 4.69. The van der Waals surface area contributed by atoms with E-state index >= 15 is 0 Å². The van der Waals surface area contributed by atoms with Crippen LogP contribution in [0.25, 0.3) is 0 Å². The number of amides is 1. The highest BCUT2D eigenvalue weighted by Gasteiger charge is 2.41. The molecule has 1 amide bonds. The predicted octanol–water partition coefficient (Wildman–Crippen LogP) is 0.384. The van der Waals surface area contributed by atoms with Crippen LogP contribution in [0.3, 0.4) is 0 Å². The van der Waals surface area contributed by atoms with E-state index in [1.54, 1.807) is 0 Å². The van der Waals surface area contributed by atoms with Gasteiger partial charge in [-0.1, -0.05) is 0 Å². The second-order valence-corrected chi connectivity index (χ2v) is 4.16. The van der Waals surface area contributed by atoms with Gasteiger partial charge in [-0.3, -0.25) is 0 Å². The van der Waals surface area contributed by atoms with Crippen LogP contribution < -0.4 is 0 Å². The van der Waals surface area contributed by atoms with Crippen molar-refractivity contribution in [3.8, 4) is 0 Å². The van der Waals surface area contributed by atoms with Crippen molar-refractivity contribution in [2.24, 2.45) is 5.41 Å². The molecule has 5 heteroatoms. The van der Waals surface area contributed by atoms with Gasteiger partial charge in [0.2, 0.25) is 0 Å². The highest BCUT2D eigenvalue weighted by Crippen LogP contribution is 2.28. The monoisotopic (exact) mass is 203 g/mol. The molecular formula is C9H17NO4. The van der Waals surface area contributed by atoms with Gasteiger partial charge < -0.3 is 19.8 Å². The first-order valence-corrected chi connectivity index (χ1v) is 4.69. The number of ether oxygens (including phenoxy) is 1. The van der Waals surface area contributed by atoms with Crippen molar-refractivity contribution >= 4 is 6.09 Å². The number of aliphatic hydroxyl groups is 1. The van der Waals surface area contributed by atoms with Crippen LogP contribution in [0.1, 0.15) is 13.8 Å². The Hall–Kier alpha value is -0.810. The van der Waals surface area contributed by atoms with E-state index in [1.165, 1.54) is 4.90 Å². The Labute approximate surface area is 83.3 Å².